The first kappa shape index (κ1) is 21.4. The molecule has 0 spiro atoms. The van der Waals surface area contributed by atoms with Gasteiger partial charge in [0.25, 0.3) is 0 Å². The van der Waals surface area contributed by atoms with Gasteiger partial charge in [-0.25, -0.2) is 9.78 Å². The van der Waals surface area contributed by atoms with Gasteiger partial charge in [0.1, 0.15) is 5.65 Å². The summed E-state index contributed by atoms with van der Waals surface area (Å²) in [6.07, 6.45) is 6.36. The third-order valence-corrected chi connectivity index (χ3v) is 6.61. The highest BCUT2D eigenvalue weighted by atomic mass is 16.5. The molecule has 1 N–H and O–H groups in total. The molecule has 1 saturated heterocycles. The van der Waals surface area contributed by atoms with E-state index in [-0.39, 0.29) is 6.04 Å². The smallest absolute Gasteiger partial charge is 0.407 e. The van der Waals surface area contributed by atoms with Crippen LogP contribution in [0.5, 0.6) is 5.88 Å². The Balaban J connectivity index is 1.40. The van der Waals surface area contributed by atoms with Crippen LogP contribution in [0.25, 0.3) is 5.65 Å². The molecule has 33 heavy (non-hydrogen) atoms. The van der Waals surface area contributed by atoms with E-state index in [2.05, 4.69) is 32.9 Å². The van der Waals surface area contributed by atoms with Crippen LogP contribution in [0.1, 0.15) is 35.8 Å². The molecule has 174 valence electrons. The number of methoxy groups -OCH3 is 1. The van der Waals surface area contributed by atoms with Gasteiger partial charge in [-0.15, -0.1) is 0 Å². The number of hydrogen-bond acceptors (Lipinski definition) is 7. The summed E-state index contributed by atoms with van der Waals surface area (Å²) in [6.45, 7) is 2.71. The number of imidazole rings is 1. The molecule has 1 amide bonds. The summed E-state index contributed by atoms with van der Waals surface area (Å²) in [7, 11) is 3.72. The zero-order chi connectivity index (χ0) is 22.9. The number of rotatable bonds is 5. The maximum atomic E-state index is 11.3. The Morgan fingerprint density at radius 2 is 2.09 bits per heavy atom. The Hall–Kier alpha value is -3.40. The van der Waals surface area contributed by atoms with Crippen LogP contribution in [-0.2, 0) is 13.0 Å². The molecule has 4 heterocycles. The van der Waals surface area contributed by atoms with Gasteiger partial charge in [-0.3, -0.25) is 14.3 Å². The van der Waals surface area contributed by atoms with Crippen LogP contribution >= 0.6 is 0 Å². The fourth-order valence-electron chi connectivity index (χ4n) is 4.88. The van der Waals surface area contributed by atoms with Gasteiger partial charge < -0.3 is 19.6 Å². The van der Waals surface area contributed by atoms with Gasteiger partial charge in [0.2, 0.25) is 11.8 Å². The maximum absolute atomic E-state index is 11.3. The number of pyridine rings is 1. The number of carbonyl (C=O) groups is 1. The van der Waals surface area contributed by atoms with Gasteiger partial charge in [-0.2, -0.15) is 4.98 Å². The zero-order valence-electron chi connectivity index (χ0n) is 19.0. The van der Waals surface area contributed by atoms with E-state index >= 15 is 0 Å². The number of aryl methyl sites for hydroxylation is 1. The van der Waals surface area contributed by atoms with E-state index < -0.39 is 6.09 Å². The second kappa shape index (κ2) is 8.86. The number of amides is 1. The van der Waals surface area contributed by atoms with Gasteiger partial charge in [0.15, 0.2) is 0 Å². The summed E-state index contributed by atoms with van der Waals surface area (Å²) < 4.78 is 7.40. The zero-order valence-corrected chi connectivity index (χ0v) is 19.0. The summed E-state index contributed by atoms with van der Waals surface area (Å²) in [6, 6.07) is 6.30. The Labute approximate surface area is 192 Å². The molecule has 1 fully saturated rings. The lowest BCUT2D eigenvalue weighted by Crippen LogP contribution is -2.49. The predicted octanol–water partition coefficient (Wildman–Crippen LogP) is 2.44. The van der Waals surface area contributed by atoms with Gasteiger partial charge in [-0.05, 0) is 37.9 Å². The monoisotopic (exact) mass is 451 g/mol. The first-order valence-corrected chi connectivity index (χ1v) is 11.3. The summed E-state index contributed by atoms with van der Waals surface area (Å²) in [5.74, 6) is 1.22. The molecular weight excluding hydrogens is 422 g/mol. The minimum absolute atomic E-state index is 0.274. The maximum Gasteiger partial charge on any atom is 0.407 e. The van der Waals surface area contributed by atoms with Crippen LogP contribution < -0.4 is 9.64 Å². The number of anilines is 1. The first-order chi connectivity index (χ1) is 16.0. The predicted molar refractivity (Wildman–Crippen MR) is 123 cm³/mol. The lowest BCUT2D eigenvalue weighted by atomic mass is 9.91. The second-order valence-corrected chi connectivity index (χ2v) is 8.69. The Morgan fingerprint density at radius 3 is 2.85 bits per heavy atom. The number of hydrogen-bond donors (Lipinski definition) is 1. The molecule has 2 aliphatic rings. The van der Waals surface area contributed by atoms with Crippen LogP contribution in [0.4, 0.5) is 10.7 Å². The highest BCUT2D eigenvalue weighted by Crippen LogP contribution is 2.33. The van der Waals surface area contributed by atoms with Crippen molar-refractivity contribution in [1.82, 2.24) is 29.2 Å². The minimum Gasteiger partial charge on any atom is -0.481 e. The summed E-state index contributed by atoms with van der Waals surface area (Å²) >= 11 is 0. The minimum atomic E-state index is -0.884. The van der Waals surface area contributed by atoms with E-state index in [1.807, 2.05) is 28.9 Å². The van der Waals surface area contributed by atoms with Crippen LogP contribution in [0.3, 0.4) is 0 Å². The third-order valence-electron chi connectivity index (χ3n) is 6.61. The number of ether oxygens (including phenoxy) is 1. The molecule has 1 aliphatic carbocycles. The quantitative estimate of drug-likeness (QED) is 0.632. The van der Waals surface area contributed by atoms with Crippen molar-refractivity contribution in [3.05, 3.63) is 47.5 Å². The summed E-state index contributed by atoms with van der Waals surface area (Å²) in [4.78, 5) is 31.3. The summed E-state index contributed by atoms with van der Waals surface area (Å²) in [5, 5.41) is 9.25. The lowest BCUT2D eigenvalue weighted by Gasteiger charge is -2.33. The van der Waals surface area contributed by atoms with E-state index in [0.29, 0.717) is 38.6 Å². The standard InChI is InChI=1S/C23H29N7O3/c1-27(18-7-3-5-16-6-4-8-24-21(16)18)14-17-15-30-19(25-17)13-20(33-2)26-22(30)28-9-11-29(12-10-28)23(31)32/h4,6,8,13,15,18H,3,5,7,9-12,14H2,1-2H3,(H,31,32)/t18-/m0/s1. The van der Waals surface area contributed by atoms with Crippen molar-refractivity contribution in [2.45, 2.75) is 31.8 Å². The third kappa shape index (κ3) is 4.18. The van der Waals surface area contributed by atoms with Crippen LogP contribution in [0, 0.1) is 0 Å². The van der Waals surface area contributed by atoms with Crippen LogP contribution in [0.15, 0.2) is 30.6 Å². The van der Waals surface area contributed by atoms with E-state index in [4.69, 9.17) is 9.72 Å². The molecule has 1 aliphatic heterocycles. The largest absolute Gasteiger partial charge is 0.481 e. The molecule has 1 atom stereocenters. The van der Waals surface area contributed by atoms with Crippen molar-refractivity contribution in [2.24, 2.45) is 0 Å². The van der Waals surface area contributed by atoms with E-state index in [1.165, 1.54) is 16.2 Å². The van der Waals surface area contributed by atoms with Gasteiger partial charge in [0, 0.05) is 51.2 Å². The molecule has 5 rings (SSSR count). The van der Waals surface area contributed by atoms with Crippen molar-refractivity contribution >= 4 is 17.7 Å². The SMILES string of the molecule is COc1cc2nc(CN(C)[C@H]3CCCc4cccnc43)cn2c(N2CCN(C(=O)O)CC2)n1. The lowest BCUT2D eigenvalue weighted by molar-refractivity contribution is 0.142. The Bertz CT molecular complexity index is 1160. The van der Waals surface area contributed by atoms with Crippen LogP contribution in [-0.4, -0.2) is 80.7 Å². The first-order valence-electron chi connectivity index (χ1n) is 11.3. The molecule has 0 saturated carbocycles. The highest BCUT2D eigenvalue weighted by Gasteiger charge is 2.27. The average Bonchev–Trinajstić information content (AvgIpc) is 3.25. The van der Waals surface area contributed by atoms with Gasteiger partial charge in [-0.1, -0.05) is 6.07 Å². The molecule has 10 heteroatoms. The molecule has 3 aromatic heterocycles. The fraction of sp³-hybridized carbons (Fsp3) is 0.478. The van der Waals surface area contributed by atoms with Crippen molar-refractivity contribution in [1.29, 1.82) is 0 Å². The fourth-order valence-corrected chi connectivity index (χ4v) is 4.88. The Morgan fingerprint density at radius 1 is 1.27 bits per heavy atom. The summed E-state index contributed by atoms with van der Waals surface area (Å²) in [5.41, 5.74) is 4.23. The molecule has 3 aromatic rings. The molecule has 10 nitrogen and oxygen atoms in total. The van der Waals surface area contributed by atoms with Gasteiger partial charge in [0.05, 0.1) is 24.5 Å². The average molecular weight is 452 g/mol. The van der Waals surface area contributed by atoms with Gasteiger partial charge >= 0.3 is 6.09 Å². The number of piperazine rings is 1. The molecule has 0 radical (unpaired) electrons. The second-order valence-electron chi connectivity index (χ2n) is 8.69. The number of nitrogens with zero attached hydrogens (tertiary/aromatic N) is 7. The molecular formula is C23H29N7O3. The van der Waals surface area contributed by atoms with E-state index in [0.717, 1.165) is 36.6 Å². The van der Waals surface area contributed by atoms with E-state index in [9.17, 15) is 9.90 Å². The van der Waals surface area contributed by atoms with E-state index in [1.54, 1.807) is 7.11 Å². The highest BCUT2D eigenvalue weighted by molar-refractivity contribution is 5.65. The van der Waals surface area contributed by atoms with Crippen molar-refractivity contribution in [3.63, 3.8) is 0 Å². The Kier molecular flexibility index (Phi) is 5.76. The number of carboxylic acid groups (broad SMARTS) is 1. The topological polar surface area (TPSA) is 99.3 Å². The van der Waals surface area contributed by atoms with Crippen molar-refractivity contribution < 1.29 is 14.6 Å². The number of fused-ring (bicyclic) bond motifs is 2. The van der Waals surface area contributed by atoms with Crippen molar-refractivity contribution in [3.8, 4) is 5.88 Å². The molecule has 0 aromatic carbocycles. The molecule has 0 bridgehead atoms. The normalized spacial score (nSPS) is 18.6. The van der Waals surface area contributed by atoms with Crippen LogP contribution in [0.2, 0.25) is 0 Å². The molecule has 0 unspecified atom stereocenters. The van der Waals surface area contributed by atoms with Crippen molar-refractivity contribution in [2.75, 3.05) is 45.2 Å². The number of aromatic nitrogens is 4.